The van der Waals surface area contributed by atoms with Crippen molar-refractivity contribution in [3.63, 3.8) is 0 Å². The lowest BCUT2D eigenvalue weighted by Gasteiger charge is -2.03. The SMILES string of the molecule is CC.Cc1ncc(CO)c(C=O)c1N=O. The van der Waals surface area contributed by atoms with Crippen molar-refractivity contribution >= 4 is 12.0 Å². The topological polar surface area (TPSA) is 79.6 Å². The molecule has 0 aromatic carbocycles. The van der Waals surface area contributed by atoms with Crippen LogP contribution in [0, 0.1) is 11.8 Å². The first-order chi connectivity index (χ1) is 7.24. The summed E-state index contributed by atoms with van der Waals surface area (Å²) >= 11 is 0. The molecule has 5 nitrogen and oxygen atoms in total. The third kappa shape index (κ3) is 2.92. The van der Waals surface area contributed by atoms with Gasteiger partial charge in [-0.15, -0.1) is 4.91 Å². The fraction of sp³-hybridized carbons (Fsp3) is 0.400. The molecule has 1 N–H and O–H groups in total. The van der Waals surface area contributed by atoms with Gasteiger partial charge < -0.3 is 5.11 Å². The summed E-state index contributed by atoms with van der Waals surface area (Å²) in [7, 11) is 0. The molecule has 0 fully saturated rings. The largest absolute Gasteiger partial charge is 0.392 e. The van der Waals surface area contributed by atoms with Crippen LogP contribution in [-0.2, 0) is 6.61 Å². The zero-order valence-corrected chi connectivity index (χ0v) is 9.02. The lowest BCUT2D eigenvalue weighted by Crippen LogP contribution is -1.97. The first kappa shape index (κ1) is 13.4. The molecule has 1 aromatic rings. The van der Waals surface area contributed by atoms with Gasteiger partial charge in [0, 0.05) is 11.8 Å². The zero-order chi connectivity index (χ0) is 11.8. The summed E-state index contributed by atoms with van der Waals surface area (Å²) < 4.78 is 0. The molecule has 0 saturated heterocycles. The molecule has 0 aliphatic carbocycles. The van der Waals surface area contributed by atoms with Gasteiger partial charge in [-0.25, -0.2) is 0 Å². The third-order valence-electron chi connectivity index (χ3n) is 1.74. The second-order valence-electron chi connectivity index (χ2n) is 2.50. The van der Waals surface area contributed by atoms with E-state index in [4.69, 9.17) is 5.11 Å². The first-order valence-corrected chi connectivity index (χ1v) is 4.62. The number of aromatic nitrogens is 1. The molecule has 0 aliphatic rings. The van der Waals surface area contributed by atoms with E-state index in [0.29, 0.717) is 17.5 Å². The molecule has 0 spiro atoms. The fourth-order valence-corrected chi connectivity index (χ4v) is 1.03. The molecule has 0 aliphatic heterocycles. The number of aliphatic hydroxyl groups is 1. The molecule has 0 radical (unpaired) electrons. The van der Waals surface area contributed by atoms with Gasteiger partial charge in [0.2, 0.25) is 0 Å². The number of carbonyl (C=O) groups excluding carboxylic acids is 1. The average Bonchev–Trinajstić information content (AvgIpc) is 2.31. The smallest absolute Gasteiger partial charge is 0.152 e. The van der Waals surface area contributed by atoms with Crippen LogP contribution >= 0.6 is 0 Å². The van der Waals surface area contributed by atoms with Crippen molar-refractivity contribution < 1.29 is 9.90 Å². The highest BCUT2D eigenvalue weighted by molar-refractivity contribution is 5.85. The second kappa shape index (κ2) is 6.78. The van der Waals surface area contributed by atoms with E-state index in [1.165, 1.54) is 6.20 Å². The van der Waals surface area contributed by atoms with E-state index >= 15 is 0 Å². The van der Waals surface area contributed by atoms with Crippen molar-refractivity contribution in [3.05, 3.63) is 27.9 Å². The molecule has 0 bridgehead atoms. The molecule has 0 saturated carbocycles. The third-order valence-corrected chi connectivity index (χ3v) is 1.74. The maximum absolute atomic E-state index is 10.6. The minimum Gasteiger partial charge on any atom is -0.392 e. The van der Waals surface area contributed by atoms with Gasteiger partial charge in [0.05, 0.1) is 17.9 Å². The number of hydrogen-bond acceptors (Lipinski definition) is 5. The van der Waals surface area contributed by atoms with Crippen LogP contribution in [0.1, 0.15) is 35.5 Å². The zero-order valence-electron chi connectivity index (χ0n) is 9.02. The van der Waals surface area contributed by atoms with E-state index < -0.39 is 0 Å². The van der Waals surface area contributed by atoms with Crippen molar-refractivity contribution in [2.45, 2.75) is 27.4 Å². The molecule has 1 rings (SSSR count). The van der Waals surface area contributed by atoms with Crippen LogP contribution in [0.2, 0.25) is 0 Å². The highest BCUT2D eigenvalue weighted by Gasteiger charge is 2.11. The van der Waals surface area contributed by atoms with Crippen molar-refractivity contribution in [2.75, 3.05) is 0 Å². The molecule has 0 atom stereocenters. The van der Waals surface area contributed by atoms with Crippen LogP contribution in [0.5, 0.6) is 0 Å². The normalized spacial score (nSPS) is 8.80. The molecule has 15 heavy (non-hydrogen) atoms. The molecular weight excluding hydrogens is 196 g/mol. The Balaban J connectivity index is 0.000000921. The van der Waals surface area contributed by atoms with E-state index in [0.717, 1.165) is 0 Å². The van der Waals surface area contributed by atoms with Gasteiger partial charge in [-0.3, -0.25) is 9.78 Å². The Bertz CT molecular complexity index is 351. The fourth-order valence-electron chi connectivity index (χ4n) is 1.03. The van der Waals surface area contributed by atoms with Gasteiger partial charge in [0.1, 0.15) is 5.69 Å². The maximum Gasteiger partial charge on any atom is 0.152 e. The van der Waals surface area contributed by atoms with Crippen LogP contribution in [0.25, 0.3) is 0 Å². The summed E-state index contributed by atoms with van der Waals surface area (Å²) in [5, 5.41) is 11.5. The number of hydrogen-bond donors (Lipinski definition) is 1. The number of nitroso groups, excluding NO2 is 1. The Kier molecular flexibility index (Phi) is 6.05. The van der Waals surface area contributed by atoms with Gasteiger partial charge in [-0.05, 0) is 12.1 Å². The summed E-state index contributed by atoms with van der Waals surface area (Å²) in [5.74, 6) is 0. The standard InChI is InChI=1S/C8H8N2O3.C2H6/c1-5-8(10-13)7(4-12)6(3-11)2-9-5;1-2/h2,4,11H,3H2,1H3;1-2H3. The summed E-state index contributed by atoms with van der Waals surface area (Å²) in [5.41, 5.74) is 0.816. The summed E-state index contributed by atoms with van der Waals surface area (Å²) in [6.07, 6.45) is 1.85. The molecule has 0 amide bonds. The Hall–Kier alpha value is -1.62. The quantitative estimate of drug-likeness (QED) is 0.612. The van der Waals surface area contributed by atoms with Crippen molar-refractivity contribution in [1.29, 1.82) is 0 Å². The Labute approximate surface area is 88.1 Å². The number of pyridine rings is 1. The van der Waals surface area contributed by atoms with E-state index in [-0.39, 0.29) is 17.9 Å². The summed E-state index contributed by atoms with van der Waals surface area (Å²) in [6, 6.07) is 0. The molecule has 5 heteroatoms. The van der Waals surface area contributed by atoms with E-state index in [1.807, 2.05) is 13.8 Å². The molecule has 82 valence electrons. The van der Waals surface area contributed by atoms with Crippen LogP contribution in [-0.4, -0.2) is 16.4 Å². The Morgan fingerprint density at radius 3 is 2.53 bits per heavy atom. The highest BCUT2D eigenvalue weighted by Crippen LogP contribution is 2.23. The van der Waals surface area contributed by atoms with Crippen molar-refractivity contribution in [3.8, 4) is 0 Å². The number of aldehydes is 1. The maximum atomic E-state index is 10.6. The predicted molar refractivity (Wildman–Crippen MR) is 57.1 cm³/mol. The van der Waals surface area contributed by atoms with Crippen LogP contribution in [0.3, 0.4) is 0 Å². The number of rotatable bonds is 3. The van der Waals surface area contributed by atoms with E-state index in [2.05, 4.69) is 10.2 Å². The second-order valence-corrected chi connectivity index (χ2v) is 2.50. The average molecular weight is 210 g/mol. The summed E-state index contributed by atoms with van der Waals surface area (Å²) in [4.78, 5) is 24.7. The van der Waals surface area contributed by atoms with Crippen molar-refractivity contribution in [2.24, 2.45) is 5.18 Å². The monoisotopic (exact) mass is 210 g/mol. The lowest BCUT2D eigenvalue weighted by molar-refractivity contribution is 0.112. The molecule has 1 aromatic heterocycles. The number of carbonyl (C=O) groups is 1. The number of aryl methyl sites for hydroxylation is 1. The highest BCUT2D eigenvalue weighted by atomic mass is 16.3. The number of nitrogens with zero attached hydrogens (tertiary/aromatic N) is 2. The van der Waals surface area contributed by atoms with Gasteiger partial charge in [0.15, 0.2) is 6.29 Å². The predicted octanol–water partition coefficient (Wildman–Crippen LogP) is 2.12. The van der Waals surface area contributed by atoms with E-state index in [9.17, 15) is 9.70 Å². The van der Waals surface area contributed by atoms with Gasteiger partial charge >= 0.3 is 0 Å². The van der Waals surface area contributed by atoms with Gasteiger partial charge in [-0.1, -0.05) is 13.8 Å². The van der Waals surface area contributed by atoms with E-state index in [1.54, 1.807) is 6.92 Å². The summed E-state index contributed by atoms with van der Waals surface area (Å²) in [6.45, 7) is 5.24. The van der Waals surface area contributed by atoms with Crippen LogP contribution in [0.4, 0.5) is 5.69 Å². The molecule has 0 unspecified atom stereocenters. The Morgan fingerprint density at radius 2 is 2.13 bits per heavy atom. The van der Waals surface area contributed by atoms with Crippen molar-refractivity contribution in [1.82, 2.24) is 4.98 Å². The molecule has 1 heterocycles. The minimum atomic E-state index is -0.329. The first-order valence-electron chi connectivity index (χ1n) is 4.62. The van der Waals surface area contributed by atoms with Crippen LogP contribution in [0.15, 0.2) is 11.4 Å². The van der Waals surface area contributed by atoms with Crippen LogP contribution < -0.4 is 0 Å². The Morgan fingerprint density at radius 1 is 1.53 bits per heavy atom. The molecular formula is C10H14N2O3. The number of aliphatic hydroxyl groups excluding tert-OH is 1. The van der Waals surface area contributed by atoms with Gasteiger partial charge in [-0.2, -0.15) is 0 Å². The van der Waals surface area contributed by atoms with Gasteiger partial charge in [0.25, 0.3) is 0 Å². The minimum absolute atomic E-state index is 0.00144. The lowest BCUT2D eigenvalue weighted by atomic mass is 10.1.